The highest BCUT2D eigenvalue weighted by molar-refractivity contribution is 5.83. The van der Waals surface area contributed by atoms with E-state index < -0.39 is 12.0 Å². The number of methoxy groups -OCH3 is 1. The molecule has 0 N–H and O–H groups in total. The van der Waals surface area contributed by atoms with Gasteiger partial charge in [-0.3, -0.25) is 4.79 Å². The van der Waals surface area contributed by atoms with Crippen molar-refractivity contribution in [3.63, 3.8) is 0 Å². The summed E-state index contributed by atoms with van der Waals surface area (Å²) in [6, 6.07) is 9.56. The van der Waals surface area contributed by atoms with E-state index in [9.17, 15) is 13.6 Å². The van der Waals surface area contributed by atoms with E-state index in [1.54, 1.807) is 7.11 Å². The van der Waals surface area contributed by atoms with Gasteiger partial charge in [-0.05, 0) is 30.3 Å². The van der Waals surface area contributed by atoms with Crippen LogP contribution in [0.4, 0.5) is 14.6 Å². The SMILES string of the molecule is COc1ccc2nc(N3CCOC(C(=O)N4CCC(F)(F)CC4)C3)ccc2c1. The fraction of sp³-hybridized carbons (Fsp3) is 0.500. The van der Waals surface area contributed by atoms with Crippen LogP contribution in [0.2, 0.25) is 0 Å². The molecule has 1 aromatic heterocycles. The number of piperidine rings is 1. The molecule has 28 heavy (non-hydrogen) atoms. The number of anilines is 1. The summed E-state index contributed by atoms with van der Waals surface area (Å²) in [5, 5.41) is 0.971. The van der Waals surface area contributed by atoms with E-state index in [0.29, 0.717) is 19.7 Å². The van der Waals surface area contributed by atoms with Gasteiger partial charge in [0, 0.05) is 37.9 Å². The zero-order valence-corrected chi connectivity index (χ0v) is 15.7. The maximum absolute atomic E-state index is 13.3. The molecular weight excluding hydrogens is 368 g/mol. The molecule has 2 aliphatic heterocycles. The van der Waals surface area contributed by atoms with Crippen molar-refractivity contribution in [2.75, 3.05) is 44.8 Å². The predicted octanol–water partition coefficient (Wildman–Crippen LogP) is 2.71. The number of fused-ring (bicyclic) bond motifs is 1. The second-order valence-corrected chi connectivity index (χ2v) is 7.21. The molecule has 8 heteroatoms. The van der Waals surface area contributed by atoms with Crippen molar-refractivity contribution in [2.24, 2.45) is 0 Å². The highest BCUT2D eigenvalue weighted by Crippen LogP contribution is 2.29. The summed E-state index contributed by atoms with van der Waals surface area (Å²) in [7, 11) is 1.62. The van der Waals surface area contributed by atoms with Gasteiger partial charge in [-0.1, -0.05) is 0 Å². The second kappa shape index (κ2) is 7.50. The zero-order chi connectivity index (χ0) is 19.7. The molecule has 0 aliphatic carbocycles. The molecule has 1 unspecified atom stereocenters. The molecule has 2 saturated heterocycles. The Morgan fingerprint density at radius 1 is 1.21 bits per heavy atom. The van der Waals surface area contributed by atoms with Gasteiger partial charge in [-0.25, -0.2) is 13.8 Å². The van der Waals surface area contributed by atoms with Crippen LogP contribution in [0, 0.1) is 0 Å². The molecule has 1 aromatic carbocycles. The van der Waals surface area contributed by atoms with Gasteiger partial charge in [-0.2, -0.15) is 0 Å². The molecule has 2 aromatic rings. The lowest BCUT2D eigenvalue weighted by molar-refractivity contribution is -0.150. The molecule has 2 aliphatic rings. The number of hydrogen-bond acceptors (Lipinski definition) is 5. The molecule has 0 saturated carbocycles. The predicted molar refractivity (Wildman–Crippen MR) is 101 cm³/mol. The third-order valence-electron chi connectivity index (χ3n) is 5.35. The van der Waals surface area contributed by atoms with Gasteiger partial charge in [0.15, 0.2) is 6.10 Å². The number of rotatable bonds is 3. The molecular formula is C20H23F2N3O3. The van der Waals surface area contributed by atoms with Crippen LogP contribution < -0.4 is 9.64 Å². The van der Waals surface area contributed by atoms with Crippen LogP contribution in [-0.4, -0.2) is 67.7 Å². The van der Waals surface area contributed by atoms with Gasteiger partial charge in [0.25, 0.3) is 11.8 Å². The first kappa shape index (κ1) is 18.9. The third kappa shape index (κ3) is 3.87. The van der Waals surface area contributed by atoms with E-state index in [1.807, 2.05) is 35.2 Å². The lowest BCUT2D eigenvalue weighted by atomic mass is 10.1. The summed E-state index contributed by atoms with van der Waals surface area (Å²) < 4.78 is 37.6. The summed E-state index contributed by atoms with van der Waals surface area (Å²) in [5.74, 6) is -1.35. The highest BCUT2D eigenvalue weighted by atomic mass is 19.3. The average molecular weight is 391 g/mol. The summed E-state index contributed by atoms with van der Waals surface area (Å²) in [6.45, 7) is 1.52. The van der Waals surface area contributed by atoms with Crippen LogP contribution in [0.25, 0.3) is 10.9 Å². The molecule has 6 nitrogen and oxygen atoms in total. The lowest BCUT2D eigenvalue weighted by Crippen LogP contribution is -2.53. The maximum atomic E-state index is 13.3. The number of carbonyl (C=O) groups is 1. The fourth-order valence-corrected chi connectivity index (χ4v) is 3.66. The Bertz CT molecular complexity index is 867. The summed E-state index contributed by atoms with van der Waals surface area (Å²) >= 11 is 0. The summed E-state index contributed by atoms with van der Waals surface area (Å²) in [4.78, 5) is 20.9. The maximum Gasteiger partial charge on any atom is 0.253 e. The zero-order valence-electron chi connectivity index (χ0n) is 15.7. The molecule has 1 amide bonds. The number of hydrogen-bond donors (Lipinski definition) is 0. The van der Waals surface area contributed by atoms with E-state index in [0.717, 1.165) is 22.5 Å². The molecule has 3 heterocycles. The first-order valence-electron chi connectivity index (χ1n) is 9.43. The Labute approximate surface area is 162 Å². The van der Waals surface area contributed by atoms with Crippen LogP contribution in [0.1, 0.15) is 12.8 Å². The fourth-order valence-electron chi connectivity index (χ4n) is 3.66. The average Bonchev–Trinajstić information content (AvgIpc) is 2.72. The van der Waals surface area contributed by atoms with Gasteiger partial charge in [-0.15, -0.1) is 0 Å². The van der Waals surface area contributed by atoms with Crippen LogP contribution in [-0.2, 0) is 9.53 Å². The van der Waals surface area contributed by atoms with E-state index in [4.69, 9.17) is 14.5 Å². The Balaban J connectivity index is 1.46. The van der Waals surface area contributed by atoms with Crippen molar-refractivity contribution in [2.45, 2.75) is 24.9 Å². The molecule has 0 radical (unpaired) electrons. The molecule has 0 spiro atoms. The first-order chi connectivity index (χ1) is 13.4. The molecule has 4 rings (SSSR count). The van der Waals surface area contributed by atoms with Crippen molar-refractivity contribution < 1.29 is 23.0 Å². The van der Waals surface area contributed by atoms with Crippen molar-refractivity contribution in [1.82, 2.24) is 9.88 Å². The van der Waals surface area contributed by atoms with Crippen LogP contribution in [0.15, 0.2) is 30.3 Å². The van der Waals surface area contributed by atoms with Crippen molar-refractivity contribution in [3.05, 3.63) is 30.3 Å². The van der Waals surface area contributed by atoms with Gasteiger partial charge < -0.3 is 19.3 Å². The van der Waals surface area contributed by atoms with E-state index >= 15 is 0 Å². The van der Waals surface area contributed by atoms with Crippen LogP contribution >= 0.6 is 0 Å². The van der Waals surface area contributed by atoms with E-state index in [2.05, 4.69) is 0 Å². The van der Waals surface area contributed by atoms with E-state index in [-0.39, 0.29) is 31.8 Å². The summed E-state index contributed by atoms with van der Waals surface area (Å²) in [6.07, 6.45) is -1.23. The molecule has 0 bridgehead atoms. The molecule has 1 atom stereocenters. The highest BCUT2D eigenvalue weighted by Gasteiger charge is 2.38. The van der Waals surface area contributed by atoms with Crippen LogP contribution in [0.3, 0.4) is 0 Å². The lowest BCUT2D eigenvalue weighted by Gasteiger charge is -2.38. The number of aromatic nitrogens is 1. The molecule has 2 fully saturated rings. The number of carbonyl (C=O) groups excluding carboxylic acids is 1. The number of nitrogens with zero attached hydrogens (tertiary/aromatic N) is 3. The Morgan fingerprint density at radius 3 is 2.75 bits per heavy atom. The molecule has 150 valence electrons. The number of morpholine rings is 1. The van der Waals surface area contributed by atoms with Gasteiger partial charge in [0.05, 0.1) is 25.8 Å². The Morgan fingerprint density at radius 2 is 2.00 bits per heavy atom. The quantitative estimate of drug-likeness (QED) is 0.805. The van der Waals surface area contributed by atoms with Gasteiger partial charge in [0.2, 0.25) is 0 Å². The van der Waals surface area contributed by atoms with E-state index in [1.165, 1.54) is 4.90 Å². The van der Waals surface area contributed by atoms with Crippen molar-refractivity contribution >= 4 is 22.6 Å². The number of amides is 1. The first-order valence-corrected chi connectivity index (χ1v) is 9.43. The normalized spacial score (nSPS) is 22.3. The third-order valence-corrected chi connectivity index (χ3v) is 5.35. The Hall–Kier alpha value is -2.48. The van der Waals surface area contributed by atoms with Crippen molar-refractivity contribution in [3.8, 4) is 5.75 Å². The minimum Gasteiger partial charge on any atom is -0.497 e. The van der Waals surface area contributed by atoms with Gasteiger partial charge in [0.1, 0.15) is 11.6 Å². The number of alkyl halides is 2. The minimum absolute atomic E-state index is 0.0712. The van der Waals surface area contributed by atoms with Crippen molar-refractivity contribution in [1.29, 1.82) is 0 Å². The number of halogens is 2. The number of ether oxygens (including phenoxy) is 2. The number of pyridine rings is 1. The standard InChI is InChI=1S/C20H23F2N3O3/c1-27-15-3-4-16-14(12-15)2-5-18(23-16)25-10-11-28-17(13-25)19(26)24-8-6-20(21,22)7-9-24/h2-5,12,17H,6-11,13H2,1H3. The van der Waals surface area contributed by atoms with Gasteiger partial charge >= 0.3 is 0 Å². The number of likely N-dealkylation sites (tertiary alicyclic amines) is 1. The topological polar surface area (TPSA) is 54.9 Å². The van der Waals surface area contributed by atoms with Crippen LogP contribution in [0.5, 0.6) is 5.75 Å². The summed E-state index contributed by atoms with van der Waals surface area (Å²) in [5.41, 5.74) is 0.839. The minimum atomic E-state index is -2.67. The Kier molecular flexibility index (Phi) is 5.05. The monoisotopic (exact) mass is 391 g/mol. The second-order valence-electron chi connectivity index (χ2n) is 7.21. The smallest absolute Gasteiger partial charge is 0.253 e. The largest absolute Gasteiger partial charge is 0.497 e. The number of benzene rings is 1.